The van der Waals surface area contributed by atoms with Crippen LogP contribution >= 0.6 is 11.6 Å². The molecule has 2 saturated heterocycles. The van der Waals surface area contributed by atoms with E-state index in [1.54, 1.807) is 12.1 Å². The monoisotopic (exact) mass is 437 g/mol. The second-order valence-electron chi connectivity index (χ2n) is 8.03. The molecule has 2 bridgehead atoms. The van der Waals surface area contributed by atoms with Crippen molar-refractivity contribution in [3.63, 3.8) is 0 Å². The lowest BCUT2D eigenvalue weighted by Gasteiger charge is -2.50. The van der Waals surface area contributed by atoms with Gasteiger partial charge in [0.15, 0.2) is 0 Å². The third kappa shape index (κ3) is 5.19. The van der Waals surface area contributed by atoms with Crippen LogP contribution in [0.25, 0.3) is 0 Å². The van der Waals surface area contributed by atoms with E-state index in [-0.39, 0.29) is 24.0 Å². The lowest BCUT2D eigenvalue weighted by molar-refractivity contribution is -0.143. The lowest BCUT2D eigenvalue weighted by Crippen LogP contribution is -2.60. The largest absolute Gasteiger partial charge is 0.496 e. The number of nitrogens with zero attached hydrogens (tertiary/aromatic N) is 1. The van der Waals surface area contributed by atoms with Crippen LogP contribution in [-0.2, 0) is 9.53 Å². The van der Waals surface area contributed by atoms with Gasteiger partial charge in [-0.05, 0) is 51.6 Å². The van der Waals surface area contributed by atoms with Crippen molar-refractivity contribution in [2.45, 2.75) is 70.0 Å². The molecule has 2 aliphatic heterocycles. The van der Waals surface area contributed by atoms with Crippen molar-refractivity contribution in [1.29, 1.82) is 0 Å². The third-order valence-electron chi connectivity index (χ3n) is 6.19. The number of piperidine rings is 2. The molecule has 2 fully saturated rings. The van der Waals surface area contributed by atoms with E-state index in [0.717, 1.165) is 38.6 Å². The SMILES string of the molecule is CCOC(=O)CCCN1C2CCCC1C(NC(=O)c1cc(Cl)c(N)cc1OC)CC2. The highest BCUT2D eigenvalue weighted by molar-refractivity contribution is 6.33. The normalized spacial score (nSPS) is 23.6. The fraction of sp³-hybridized carbons (Fsp3) is 0.636. The predicted octanol–water partition coefficient (Wildman–Crippen LogP) is 3.39. The molecule has 2 heterocycles. The second-order valence-corrected chi connectivity index (χ2v) is 8.44. The van der Waals surface area contributed by atoms with Gasteiger partial charge < -0.3 is 20.5 Å². The number of nitrogens with two attached hydrogens (primary N) is 1. The maximum atomic E-state index is 13.0. The van der Waals surface area contributed by atoms with Gasteiger partial charge in [0.05, 0.1) is 30.0 Å². The molecule has 3 N–H and O–H groups in total. The quantitative estimate of drug-likeness (QED) is 0.478. The topological polar surface area (TPSA) is 93.9 Å². The Balaban J connectivity index is 1.67. The first-order valence-corrected chi connectivity index (χ1v) is 11.2. The van der Waals surface area contributed by atoms with Gasteiger partial charge in [-0.3, -0.25) is 14.5 Å². The summed E-state index contributed by atoms with van der Waals surface area (Å²) in [5, 5.41) is 3.55. The van der Waals surface area contributed by atoms with Crippen molar-refractivity contribution in [3.8, 4) is 5.75 Å². The third-order valence-corrected chi connectivity index (χ3v) is 6.52. The number of benzene rings is 1. The Kier molecular flexibility index (Phi) is 7.83. The van der Waals surface area contributed by atoms with Crippen LogP contribution in [0.1, 0.15) is 62.2 Å². The second kappa shape index (κ2) is 10.4. The minimum atomic E-state index is -0.200. The van der Waals surface area contributed by atoms with E-state index >= 15 is 0 Å². The summed E-state index contributed by atoms with van der Waals surface area (Å²) in [4.78, 5) is 27.2. The first-order chi connectivity index (χ1) is 14.4. The van der Waals surface area contributed by atoms with Crippen molar-refractivity contribution in [1.82, 2.24) is 10.2 Å². The van der Waals surface area contributed by atoms with Crippen LogP contribution in [0.4, 0.5) is 5.69 Å². The number of esters is 1. The summed E-state index contributed by atoms with van der Waals surface area (Å²) in [6.07, 6.45) is 6.57. The molecular weight excluding hydrogens is 406 g/mol. The Morgan fingerprint density at radius 1 is 1.27 bits per heavy atom. The fourth-order valence-corrected chi connectivity index (χ4v) is 4.95. The van der Waals surface area contributed by atoms with Gasteiger partial charge in [0.25, 0.3) is 5.91 Å². The van der Waals surface area contributed by atoms with Crippen molar-refractivity contribution < 1.29 is 19.1 Å². The zero-order valence-electron chi connectivity index (χ0n) is 17.8. The summed E-state index contributed by atoms with van der Waals surface area (Å²) in [7, 11) is 1.51. The molecule has 3 atom stereocenters. The number of amides is 1. The number of halogens is 1. The number of fused-ring (bicyclic) bond motifs is 2. The molecule has 166 valence electrons. The summed E-state index contributed by atoms with van der Waals surface area (Å²) in [5.41, 5.74) is 6.61. The van der Waals surface area contributed by atoms with Crippen molar-refractivity contribution in [2.75, 3.05) is 26.0 Å². The maximum Gasteiger partial charge on any atom is 0.305 e. The zero-order valence-corrected chi connectivity index (χ0v) is 18.5. The molecule has 0 aromatic heterocycles. The van der Waals surface area contributed by atoms with Crippen molar-refractivity contribution in [3.05, 3.63) is 22.7 Å². The number of rotatable bonds is 8. The Bertz CT molecular complexity index is 773. The highest BCUT2D eigenvalue weighted by Gasteiger charge is 2.40. The molecule has 0 radical (unpaired) electrons. The average molecular weight is 438 g/mol. The highest BCUT2D eigenvalue weighted by atomic mass is 35.5. The Morgan fingerprint density at radius 3 is 2.80 bits per heavy atom. The molecule has 3 unspecified atom stereocenters. The van der Waals surface area contributed by atoms with Gasteiger partial charge in [0, 0.05) is 30.6 Å². The summed E-state index contributed by atoms with van der Waals surface area (Å²) >= 11 is 6.14. The van der Waals surface area contributed by atoms with Crippen LogP contribution in [0.15, 0.2) is 12.1 Å². The van der Waals surface area contributed by atoms with Gasteiger partial charge >= 0.3 is 5.97 Å². The number of hydrogen-bond donors (Lipinski definition) is 2. The van der Waals surface area contributed by atoms with Gasteiger partial charge in [-0.1, -0.05) is 18.0 Å². The standard InChI is InChI=1S/C22H32ClN3O4/c1-3-30-21(27)8-5-11-26-14-6-4-7-19(26)18(10-9-14)25-22(28)15-12-16(23)17(24)13-20(15)29-2/h12-14,18-19H,3-11,24H2,1-2H3,(H,25,28). The predicted molar refractivity (Wildman–Crippen MR) is 117 cm³/mol. The Hall–Kier alpha value is -1.99. The number of methoxy groups -OCH3 is 1. The summed E-state index contributed by atoms with van der Waals surface area (Å²) in [6, 6.07) is 4.00. The number of nitrogens with one attached hydrogen (secondary N) is 1. The molecule has 1 aromatic carbocycles. The highest BCUT2D eigenvalue weighted by Crippen LogP contribution is 2.35. The van der Waals surface area contributed by atoms with Gasteiger partial charge in [-0.15, -0.1) is 0 Å². The van der Waals surface area contributed by atoms with Crippen molar-refractivity contribution in [2.24, 2.45) is 0 Å². The van der Waals surface area contributed by atoms with E-state index in [9.17, 15) is 9.59 Å². The number of hydrogen-bond acceptors (Lipinski definition) is 6. The van der Waals surface area contributed by atoms with Gasteiger partial charge in [-0.25, -0.2) is 0 Å². The van der Waals surface area contributed by atoms with E-state index < -0.39 is 0 Å². The molecule has 7 nitrogen and oxygen atoms in total. The maximum absolute atomic E-state index is 13.0. The molecular formula is C22H32ClN3O4. The van der Waals surface area contributed by atoms with Crippen LogP contribution in [0, 0.1) is 0 Å². The summed E-state index contributed by atoms with van der Waals surface area (Å²) in [6.45, 7) is 3.08. The molecule has 0 saturated carbocycles. The minimum absolute atomic E-state index is 0.0534. The number of anilines is 1. The molecule has 1 aromatic rings. The molecule has 2 aliphatic rings. The van der Waals surface area contributed by atoms with Crippen LogP contribution in [0.2, 0.25) is 5.02 Å². The summed E-state index contributed by atoms with van der Waals surface area (Å²) < 4.78 is 10.4. The number of carbonyl (C=O) groups is 2. The van der Waals surface area contributed by atoms with Crippen LogP contribution in [0.3, 0.4) is 0 Å². The van der Waals surface area contributed by atoms with Gasteiger partial charge in [0.2, 0.25) is 0 Å². The fourth-order valence-electron chi connectivity index (χ4n) is 4.79. The Labute approximate surface area is 183 Å². The van der Waals surface area contributed by atoms with Crippen LogP contribution in [-0.4, -0.2) is 55.2 Å². The number of carbonyl (C=O) groups excluding carboxylic acids is 2. The van der Waals surface area contributed by atoms with E-state index in [4.69, 9.17) is 26.8 Å². The first kappa shape index (κ1) is 22.7. The van der Waals surface area contributed by atoms with Crippen LogP contribution < -0.4 is 15.8 Å². The van der Waals surface area contributed by atoms with E-state index in [0.29, 0.717) is 41.1 Å². The number of nitrogen functional groups attached to an aromatic ring is 1. The first-order valence-electron chi connectivity index (χ1n) is 10.8. The van der Waals surface area contributed by atoms with Gasteiger partial charge in [-0.2, -0.15) is 0 Å². The Morgan fingerprint density at radius 2 is 2.07 bits per heavy atom. The molecule has 30 heavy (non-hydrogen) atoms. The van der Waals surface area contributed by atoms with Gasteiger partial charge in [0.1, 0.15) is 5.75 Å². The van der Waals surface area contributed by atoms with E-state index in [1.807, 2.05) is 6.92 Å². The van der Waals surface area contributed by atoms with E-state index in [1.165, 1.54) is 13.5 Å². The molecule has 0 aliphatic carbocycles. The smallest absolute Gasteiger partial charge is 0.305 e. The molecule has 3 rings (SSSR count). The van der Waals surface area contributed by atoms with Crippen molar-refractivity contribution >= 4 is 29.2 Å². The van der Waals surface area contributed by atoms with E-state index in [2.05, 4.69) is 10.2 Å². The molecule has 0 spiro atoms. The number of ether oxygens (including phenoxy) is 2. The average Bonchev–Trinajstić information content (AvgIpc) is 2.72. The van der Waals surface area contributed by atoms with Crippen LogP contribution in [0.5, 0.6) is 5.75 Å². The molecule has 1 amide bonds. The zero-order chi connectivity index (χ0) is 21.7. The lowest BCUT2D eigenvalue weighted by atomic mass is 9.81. The summed E-state index contributed by atoms with van der Waals surface area (Å²) in [5.74, 6) is 0.0733. The molecule has 8 heteroatoms. The minimum Gasteiger partial charge on any atom is -0.496 e.